The lowest BCUT2D eigenvalue weighted by atomic mass is 10.1. The van der Waals surface area contributed by atoms with Gasteiger partial charge in [0, 0.05) is 31.7 Å². The summed E-state index contributed by atoms with van der Waals surface area (Å²) in [5, 5.41) is 5.64. The molecule has 2 rings (SSSR count). The first-order valence-corrected chi connectivity index (χ1v) is 9.01. The fraction of sp³-hybridized carbons (Fsp3) is 0.333. The molecule has 2 N–H and O–H groups in total. The molecule has 2 aromatic carbocycles. The van der Waals surface area contributed by atoms with Crippen molar-refractivity contribution in [3.8, 4) is 5.75 Å². The van der Waals surface area contributed by atoms with Crippen LogP contribution in [-0.4, -0.2) is 37.0 Å². The molecule has 2 aromatic rings. The number of amides is 3. The molecule has 0 atom stereocenters. The predicted octanol–water partition coefficient (Wildman–Crippen LogP) is 3.31. The highest BCUT2D eigenvalue weighted by atomic mass is 19.1. The Morgan fingerprint density at radius 3 is 2.54 bits per heavy atom. The normalized spacial score (nSPS) is 10.5. The molecule has 0 aliphatic heterocycles. The van der Waals surface area contributed by atoms with E-state index in [1.807, 2.05) is 19.9 Å². The van der Waals surface area contributed by atoms with Gasteiger partial charge in [0.1, 0.15) is 0 Å². The number of nitrogens with zero attached hydrogens (tertiary/aromatic N) is 1. The Morgan fingerprint density at radius 1 is 1.14 bits per heavy atom. The van der Waals surface area contributed by atoms with Crippen LogP contribution in [0.3, 0.4) is 0 Å². The van der Waals surface area contributed by atoms with Gasteiger partial charge >= 0.3 is 6.03 Å². The van der Waals surface area contributed by atoms with Crippen LogP contribution in [0.15, 0.2) is 42.5 Å². The topological polar surface area (TPSA) is 70.7 Å². The van der Waals surface area contributed by atoms with Crippen LogP contribution in [0.4, 0.5) is 9.18 Å². The van der Waals surface area contributed by atoms with Crippen molar-refractivity contribution in [3.05, 3.63) is 65.0 Å². The van der Waals surface area contributed by atoms with E-state index in [4.69, 9.17) is 4.74 Å². The van der Waals surface area contributed by atoms with Crippen LogP contribution in [0, 0.1) is 5.82 Å². The summed E-state index contributed by atoms with van der Waals surface area (Å²) in [4.78, 5) is 25.8. The molecule has 0 aromatic heterocycles. The number of hydrogen-bond acceptors (Lipinski definition) is 3. The van der Waals surface area contributed by atoms with Gasteiger partial charge in [0.15, 0.2) is 11.6 Å². The Labute approximate surface area is 164 Å². The van der Waals surface area contributed by atoms with Gasteiger partial charge in [0.25, 0.3) is 5.91 Å². The molecule has 0 aliphatic carbocycles. The highest BCUT2D eigenvalue weighted by molar-refractivity contribution is 5.94. The highest BCUT2D eigenvalue weighted by Gasteiger charge is 2.12. The maximum absolute atomic E-state index is 13.8. The van der Waals surface area contributed by atoms with Crippen molar-refractivity contribution in [1.29, 1.82) is 0 Å². The second-order valence-corrected chi connectivity index (χ2v) is 6.81. The van der Waals surface area contributed by atoms with Crippen molar-refractivity contribution in [1.82, 2.24) is 15.5 Å². The Balaban J connectivity index is 1.92. The quantitative estimate of drug-likeness (QED) is 0.766. The minimum Gasteiger partial charge on any atom is -0.494 e. The molecular formula is C21H26FN3O3. The SMILES string of the molecule is COc1ccc(CN(C)C(=O)NCc2cccc(C(=O)NC(C)C)c2)cc1F. The van der Waals surface area contributed by atoms with Gasteiger partial charge in [0.05, 0.1) is 7.11 Å². The third kappa shape index (κ3) is 5.97. The van der Waals surface area contributed by atoms with E-state index in [1.165, 1.54) is 24.1 Å². The number of rotatable bonds is 7. The van der Waals surface area contributed by atoms with Crippen molar-refractivity contribution >= 4 is 11.9 Å². The van der Waals surface area contributed by atoms with Crippen LogP contribution in [0.1, 0.15) is 35.3 Å². The van der Waals surface area contributed by atoms with Gasteiger partial charge in [-0.15, -0.1) is 0 Å². The summed E-state index contributed by atoms with van der Waals surface area (Å²) in [5.41, 5.74) is 2.01. The molecule has 0 saturated heterocycles. The Bertz CT molecular complexity index is 839. The van der Waals surface area contributed by atoms with E-state index in [-0.39, 0.29) is 36.8 Å². The van der Waals surface area contributed by atoms with Gasteiger partial charge in [-0.05, 0) is 49.2 Å². The lowest BCUT2D eigenvalue weighted by Gasteiger charge is -2.18. The van der Waals surface area contributed by atoms with Crippen molar-refractivity contribution in [3.63, 3.8) is 0 Å². The molecule has 3 amide bonds. The number of benzene rings is 2. The van der Waals surface area contributed by atoms with Gasteiger partial charge in [-0.2, -0.15) is 0 Å². The first kappa shape index (κ1) is 21.2. The summed E-state index contributed by atoms with van der Waals surface area (Å²) < 4.78 is 18.7. The van der Waals surface area contributed by atoms with Crippen LogP contribution >= 0.6 is 0 Å². The number of urea groups is 1. The third-order valence-electron chi connectivity index (χ3n) is 4.04. The first-order chi connectivity index (χ1) is 13.3. The van der Waals surface area contributed by atoms with Crippen molar-refractivity contribution < 1.29 is 18.7 Å². The summed E-state index contributed by atoms with van der Waals surface area (Å²) in [5.74, 6) is -0.454. The molecule has 0 saturated carbocycles. The molecular weight excluding hydrogens is 361 g/mol. The fourth-order valence-corrected chi connectivity index (χ4v) is 2.63. The Kier molecular flexibility index (Phi) is 7.37. The van der Waals surface area contributed by atoms with E-state index in [0.29, 0.717) is 11.1 Å². The van der Waals surface area contributed by atoms with E-state index < -0.39 is 5.82 Å². The van der Waals surface area contributed by atoms with Gasteiger partial charge in [-0.1, -0.05) is 18.2 Å². The summed E-state index contributed by atoms with van der Waals surface area (Å²) in [6.45, 7) is 4.32. The van der Waals surface area contributed by atoms with Crippen LogP contribution in [0.5, 0.6) is 5.75 Å². The number of carbonyl (C=O) groups is 2. The number of ether oxygens (including phenoxy) is 1. The molecule has 0 radical (unpaired) electrons. The van der Waals surface area contributed by atoms with Crippen LogP contribution in [0.25, 0.3) is 0 Å². The van der Waals surface area contributed by atoms with Crippen LogP contribution < -0.4 is 15.4 Å². The standard InChI is InChI=1S/C21H26FN3O3/c1-14(2)24-20(26)17-7-5-6-15(10-17)12-23-21(27)25(3)13-16-8-9-19(28-4)18(22)11-16/h5-11,14H,12-13H2,1-4H3,(H,23,27)(H,24,26). The van der Waals surface area contributed by atoms with Crippen LogP contribution in [-0.2, 0) is 13.1 Å². The summed E-state index contributed by atoms with van der Waals surface area (Å²) in [6, 6.07) is 11.4. The highest BCUT2D eigenvalue weighted by Crippen LogP contribution is 2.18. The van der Waals surface area contributed by atoms with Gasteiger partial charge in [0.2, 0.25) is 0 Å². The summed E-state index contributed by atoms with van der Waals surface area (Å²) in [6.07, 6.45) is 0. The van der Waals surface area contributed by atoms with Crippen molar-refractivity contribution in [2.75, 3.05) is 14.2 Å². The number of hydrogen-bond donors (Lipinski definition) is 2. The number of carbonyl (C=O) groups excluding carboxylic acids is 2. The average Bonchev–Trinajstić information content (AvgIpc) is 2.66. The van der Waals surface area contributed by atoms with E-state index in [2.05, 4.69) is 10.6 Å². The molecule has 0 unspecified atom stereocenters. The van der Waals surface area contributed by atoms with Crippen molar-refractivity contribution in [2.24, 2.45) is 0 Å². The summed E-state index contributed by atoms with van der Waals surface area (Å²) >= 11 is 0. The monoisotopic (exact) mass is 387 g/mol. The Morgan fingerprint density at radius 2 is 1.89 bits per heavy atom. The minimum atomic E-state index is -0.467. The number of nitrogens with one attached hydrogen (secondary N) is 2. The summed E-state index contributed by atoms with van der Waals surface area (Å²) in [7, 11) is 3.03. The van der Waals surface area contributed by atoms with E-state index in [1.54, 1.807) is 31.3 Å². The molecule has 0 spiro atoms. The zero-order chi connectivity index (χ0) is 20.7. The zero-order valence-corrected chi connectivity index (χ0v) is 16.6. The number of methoxy groups -OCH3 is 1. The third-order valence-corrected chi connectivity index (χ3v) is 4.04. The fourth-order valence-electron chi connectivity index (χ4n) is 2.63. The van der Waals surface area contributed by atoms with Crippen LogP contribution in [0.2, 0.25) is 0 Å². The molecule has 28 heavy (non-hydrogen) atoms. The molecule has 150 valence electrons. The smallest absolute Gasteiger partial charge is 0.317 e. The molecule has 7 heteroatoms. The average molecular weight is 387 g/mol. The molecule has 6 nitrogen and oxygen atoms in total. The van der Waals surface area contributed by atoms with Gasteiger partial charge < -0.3 is 20.3 Å². The molecule has 0 bridgehead atoms. The van der Waals surface area contributed by atoms with E-state index >= 15 is 0 Å². The second-order valence-electron chi connectivity index (χ2n) is 6.81. The number of halogens is 1. The van der Waals surface area contributed by atoms with Gasteiger partial charge in [-0.3, -0.25) is 4.79 Å². The second kappa shape index (κ2) is 9.73. The maximum Gasteiger partial charge on any atom is 0.317 e. The zero-order valence-electron chi connectivity index (χ0n) is 16.6. The first-order valence-electron chi connectivity index (χ1n) is 9.01. The van der Waals surface area contributed by atoms with Crippen molar-refractivity contribution in [2.45, 2.75) is 33.0 Å². The van der Waals surface area contributed by atoms with Gasteiger partial charge in [-0.25, -0.2) is 9.18 Å². The van der Waals surface area contributed by atoms with E-state index in [0.717, 1.165) is 5.56 Å². The lowest BCUT2D eigenvalue weighted by Crippen LogP contribution is -2.36. The van der Waals surface area contributed by atoms with E-state index in [9.17, 15) is 14.0 Å². The predicted molar refractivity (Wildman–Crippen MR) is 106 cm³/mol. The minimum absolute atomic E-state index is 0.0484. The lowest BCUT2D eigenvalue weighted by molar-refractivity contribution is 0.0943. The maximum atomic E-state index is 13.8. The largest absolute Gasteiger partial charge is 0.494 e. The molecule has 0 fully saturated rings. The molecule has 0 aliphatic rings. The Hall–Kier alpha value is -3.09. The molecule has 0 heterocycles.